The summed E-state index contributed by atoms with van der Waals surface area (Å²) in [6.45, 7) is 0.147. The van der Waals surface area contributed by atoms with Crippen molar-refractivity contribution in [1.29, 1.82) is 0 Å². The quantitative estimate of drug-likeness (QED) is 0.226. The topological polar surface area (TPSA) is 134 Å². The summed E-state index contributed by atoms with van der Waals surface area (Å²) in [5.74, 6) is -2.39. The molecule has 0 spiro atoms. The number of nitrogens with two attached hydrogens (primary N) is 1. The summed E-state index contributed by atoms with van der Waals surface area (Å²) in [7, 11) is 0. The van der Waals surface area contributed by atoms with Gasteiger partial charge >= 0.3 is 12.1 Å². The number of carbonyl (C=O) groups is 3. The van der Waals surface area contributed by atoms with Crippen molar-refractivity contribution >= 4 is 46.3 Å². The molecular formula is C14H17F2IN4O4. The maximum absolute atomic E-state index is 13.7. The maximum Gasteiger partial charge on any atom is 0.405 e. The Morgan fingerprint density at radius 1 is 1.24 bits per heavy atom. The second kappa shape index (κ2) is 9.96. The number of nitrogens with one attached hydrogen (secondary N) is 3. The number of rotatable bonds is 8. The number of anilines is 1. The number of carbonyl (C=O) groups excluding carboxylic acids is 2. The lowest BCUT2D eigenvalue weighted by molar-refractivity contribution is -0.118. The number of hydrogen-bond donors (Lipinski definition) is 5. The van der Waals surface area contributed by atoms with Crippen LogP contribution in [-0.4, -0.2) is 35.7 Å². The molecule has 0 aliphatic carbocycles. The first-order valence-electron chi connectivity index (χ1n) is 7.12. The fourth-order valence-corrected chi connectivity index (χ4v) is 2.70. The smallest absolute Gasteiger partial charge is 0.405 e. The monoisotopic (exact) mass is 470 g/mol. The van der Waals surface area contributed by atoms with Gasteiger partial charge in [-0.3, -0.25) is 4.79 Å². The number of alkyl halides is 1. The minimum atomic E-state index is -1.43. The molecule has 0 radical (unpaired) electrons. The van der Waals surface area contributed by atoms with E-state index >= 15 is 0 Å². The number of hydrogen-bond acceptors (Lipinski definition) is 3. The highest BCUT2D eigenvalue weighted by molar-refractivity contribution is 14.1. The number of urea groups is 1. The second-order valence-electron chi connectivity index (χ2n) is 4.98. The van der Waals surface area contributed by atoms with E-state index in [1.54, 1.807) is 0 Å². The van der Waals surface area contributed by atoms with Crippen LogP contribution < -0.4 is 21.7 Å². The highest BCUT2D eigenvalue weighted by atomic mass is 127. The predicted molar refractivity (Wildman–Crippen MR) is 94.5 cm³/mol. The van der Waals surface area contributed by atoms with E-state index in [0.717, 1.165) is 12.1 Å². The molecule has 0 aliphatic heterocycles. The van der Waals surface area contributed by atoms with E-state index < -0.39 is 35.7 Å². The normalized spacial score (nSPS) is 11.5. The van der Waals surface area contributed by atoms with Gasteiger partial charge in [0.15, 0.2) is 0 Å². The van der Waals surface area contributed by atoms with Crippen LogP contribution in [0.15, 0.2) is 12.1 Å². The number of carboxylic acid groups (broad SMARTS) is 1. The molecular weight excluding hydrogens is 453 g/mol. The van der Waals surface area contributed by atoms with Crippen molar-refractivity contribution in [2.24, 2.45) is 5.73 Å². The van der Waals surface area contributed by atoms with Gasteiger partial charge in [0.05, 0.1) is 0 Å². The first-order chi connectivity index (χ1) is 11.7. The van der Waals surface area contributed by atoms with Crippen LogP contribution in [0.3, 0.4) is 0 Å². The lowest BCUT2D eigenvalue weighted by Crippen LogP contribution is -2.43. The van der Waals surface area contributed by atoms with Crippen LogP contribution in [0.4, 0.5) is 24.1 Å². The first-order valence-corrected chi connectivity index (χ1v) is 8.64. The molecule has 0 saturated carbocycles. The Balaban J connectivity index is 2.77. The van der Waals surface area contributed by atoms with E-state index in [1.165, 1.54) is 0 Å². The van der Waals surface area contributed by atoms with Gasteiger partial charge in [-0.2, -0.15) is 0 Å². The maximum atomic E-state index is 13.7. The SMILES string of the molecule is NC(=O)NCCC[C@H](NC(=O)O)C(=O)Nc1cc(F)c(CI)c(F)c1. The zero-order chi connectivity index (χ0) is 19.0. The predicted octanol–water partition coefficient (Wildman–Crippen LogP) is 1.92. The van der Waals surface area contributed by atoms with Crippen LogP contribution in [-0.2, 0) is 9.22 Å². The van der Waals surface area contributed by atoms with Gasteiger partial charge in [0.25, 0.3) is 0 Å². The van der Waals surface area contributed by atoms with Gasteiger partial charge in [-0.05, 0) is 25.0 Å². The molecule has 0 unspecified atom stereocenters. The second-order valence-corrected chi connectivity index (χ2v) is 5.74. The lowest BCUT2D eigenvalue weighted by atomic mass is 10.1. The van der Waals surface area contributed by atoms with Gasteiger partial charge in [0.1, 0.15) is 17.7 Å². The number of halogens is 3. The molecule has 138 valence electrons. The summed E-state index contributed by atoms with van der Waals surface area (Å²) in [5.41, 5.74) is 4.65. The molecule has 11 heteroatoms. The minimum Gasteiger partial charge on any atom is -0.465 e. The summed E-state index contributed by atoms with van der Waals surface area (Å²) in [6.07, 6.45) is -1.12. The van der Waals surface area contributed by atoms with Gasteiger partial charge in [0.2, 0.25) is 5.91 Å². The van der Waals surface area contributed by atoms with E-state index in [2.05, 4.69) is 10.6 Å². The van der Waals surface area contributed by atoms with Gasteiger partial charge in [0, 0.05) is 22.2 Å². The molecule has 6 N–H and O–H groups in total. The van der Waals surface area contributed by atoms with E-state index in [4.69, 9.17) is 10.8 Å². The summed E-state index contributed by atoms with van der Waals surface area (Å²) < 4.78 is 27.6. The molecule has 4 amide bonds. The van der Waals surface area contributed by atoms with Crippen LogP contribution in [0, 0.1) is 11.6 Å². The standard InChI is InChI=1S/C14H17F2IN4O4/c15-9-4-7(5-10(16)8(9)6-17)20-12(22)11(21-14(24)25)2-1-3-19-13(18)23/h4-5,11,21H,1-3,6H2,(H,20,22)(H,24,25)(H3,18,19,23)/t11-/m0/s1. The van der Waals surface area contributed by atoms with Crippen LogP contribution >= 0.6 is 22.6 Å². The fraction of sp³-hybridized carbons (Fsp3) is 0.357. The van der Waals surface area contributed by atoms with Crippen molar-refractivity contribution in [3.05, 3.63) is 29.3 Å². The molecule has 8 nitrogen and oxygen atoms in total. The Labute approximate surface area is 155 Å². The minimum absolute atomic E-state index is 0.0508. The van der Waals surface area contributed by atoms with Crippen molar-refractivity contribution in [2.75, 3.05) is 11.9 Å². The Kier molecular flexibility index (Phi) is 8.31. The highest BCUT2D eigenvalue weighted by Gasteiger charge is 2.21. The van der Waals surface area contributed by atoms with Crippen LogP contribution in [0.1, 0.15) is 18.4 Å². The third-order valence-electron chi connectivity index (χ3n) is 3.13. The molecule has 1 aromatic carbocycles. The van der Waals surface area contributed by atoms with Gasteiger partial charge in [-0.25, -0.2) is 18.4 Å². The third-order valence-corrected chi connectivity index (χ3v) is 3.89. The molecule has 1 rings (SSSR count). The highest BCUT2D eigenvalue weighted by Crippen LogP contribution is 2.21. The Morgan fingerprint density at radius 2 is 1.84 bits per heavy atom. The van der Waals surface area contributed by atoms with E-state index in [1.807, 2.05) is 27.9 Å². The van der Waals surface area contributed by atoms with E-state index in [-0.39, 0.29) is 35.1 Å². The number of benzene rings is 1. The summed E-state index contributed by atoms with van der Waals surface area (Å²) in [5, 5.41) is 15.4. The molecule has 0 aliphatic rings. The molecule has 0 bridgehead atoms. The summed E-state index contributed by atoms with van der Waals surface area (Å²) in [4.78, 5) is 33.5. The molecule has 25 heavy (non-hydrogen) atoms. The first kappa shape index (κ1) is 20.9. The summed E-state index contributed by atoms with van der Waals surface area (Å²) in [6, 6.07) is 0.0131. The number of primary amides is 1. The van der Waals surface area contributed by atoms with Crippen molar-refractivity contribution in [3.8, 4) is 0 Å². The zero-order valence-corrected chi connectivity index (χ0v) is 15.1. The average molecular weight is 470 g/mol. The van der Waals surface area contributed by atoms with Crippen molar-refractivity contribution in [1.82, 2.24) is 10.6 Å². The van der Waals surface area contributed by atoms with Crippen molar-refractivity contribution in [2.45, 2.75) is 23.3 Å². The van der Waals surface area contributed by atoms with Crippen LogP contribution in [0.25, 0.3) is 0 Å². The molecule has 1 atom stereocenters. The average Bonchev–Trinajstić information content (AvgIpc) is 2.49. The van der Waals surface area contributed by atoms with E-state index in [0.29, 0.717) is 0 Å². The Bertz CT molecular complexity index is 637. The van der Waals surface area contributed by atoms with Crippen molar-refractivity contribution in [3.63, 3.8) is 0 Å². The third kappa shape index (κ3) is 7.07. The van der Waals surface area contributed by atoms with E-state index in [9.17, 15) is 23.2 Å². The zero-order valence-electron chi connectivity index (χ0n) is 12.9. The molecule has 0 saturated heterocycles. The largest absolute Gasteiger partial charge is 0.465 e. The van der Waals surface area contributed by atoms with Crippen molar-refractivity contribution < 1.29 is 28.3 Å². The Hall–Kier alpha value is -2.18. The number of amides is 4. The summed E-state index contributed by atoms with van der Waals surface area (Å²) >= 11 is 1.81. The van der Waals surface area contributed by atoms with Crippen LogP contribution in [0.5, 0.6) is 0 Å². The van der Waals surface area contributed by atoms with Gasteiger partial charge in [-0.15, -0.1) is 0 Å². The Morgan fingerprint density at radius 3 is 2.32 bits per heavy atom. The molecule has 0 fully saturated rings. The van der Waals surface area contributed by atoms with Gasteiger partial charge in [-0.1, -0.05) is 22.6 Å². The molecule has 1 aromatic rings. The molecule has 0 heterocycles. The fourth-order valence-electron chi connectivity index (χ4n) is 1.97. The lowest BCUT2D eigenvalue weighted by Gasteiger charge is -2.17. The molecule has 0 aromatic heterocycles. The van der Waals surface area contributed by atoms with Crippen LogP contribution in [0.2, 0.25) is 0 Å². The van der Waals surface area contributed by atoms with Gasteiger partial charge < -0.3 is 26.8 Å².